The first-order valence-corrected chi connectivity index (χ1v) is 11.1. The lowest BCUT2D eigenvalue weighted by molar-refractivity contribution is 0.310. The predicted octanol–water partition coefficient (Wildman–Crippen LogP) is 5.38. The Morgan fingerprint density at radius 1 is 0.931 bits per heavy atom. The fourth-order valence-electron chi connectivity index (χ4n) is 3.28. The van der Waals surface area contributed by atoms with Gasteiger partial charge in [-0.2, -0.15) is 0 Å². The van der Waals surface area contributed by atoms with Crippen LogP contribution in [0.4, 0.5) is 5.69 Å². The Labute approximate surface area is 178 Å². The van der Waals surface area contributed by atoms with Gasteiger partial charge in [-0.15, -0.1) is 0 Å². The van der Waals surface area contributed by atoms with Crippen LogP contribution in [-0.4, -0.2) is 26.7 Å². The highest BCUT2D eigenvalue weighted by Crippen LogP contribution is 2.31. The van der Waals surface area contributed by atoms with Crippen LogP contribution in [0.2, 0.25) is 0 Å². The van der Waals surface area contributed by atoms with Crippen molar-refractivity contribution in [1.82, 2.24) is 0 Å². The number of fused-ring (bicyclic) bond motifs is 1. The molecule has 2 aromatic rings. The number of nitrogens with one attached hydrogen (secondary N) is 1. The van der Waals surface area contributed by atoms with Gasteiger partial charge in [-0.1, -0.05) is 52.2 Å². The zero-order valence-electron chi connectivity index (χ0n) is 18.9. The van der Waals surface area contributed by atoms with E-state index in [1.54, 1.807) is 0 Å². The molecule has 0 saturated carbocycles. The van der Waals surface area contributed by atoms with Crippen molar-refractivity contribution < 1.29 is 4.74 Å². The fraction of sp³-hybridized carbons (Fsp3) is 0.520. The Bertz CT molecular complexity index is 698. The third-order valence-electron chi connectivity index (χ3n) is 4.90. The number of hydrogen-bond donors (Lipinski definition) is 3. The van der Waals surface area contributed by atoms with Gasteiger partial charge in [0.1, 0.15) is 5.75 Å². The van der Waals surface area contributed by atoms with Gasteiger partial charge in [-0.25, -0.2) is 0 Å². The Morgan fingerprint density at radius 2 is 1.62 bits per heavy atom. The van der Waals surface area contributed by atoms with Gasteiger partial charge in [0.05, 0.1) is 6.61 Å². The summed E-state index contributed by atoms with van der Waals surface area (Å²) in [6.07, 6.45) is 7.05. The Balaban J connectivity index is 0.000000527. The van der Waals surface area contributed by atoms with E-state index in [1.807, 2.05) is 0 Å². The van der Waals surface area contributed by atoms with Crippen LogP contribution in [0.5, 0.6) is 5.75 Å². The molecule has 1 aliphatic heterocycles. The molecule has 0 aromatic heterocycles. The molecule has 0 spiro atoms. The highest BCUT2D eigenvalue weighted by atomic mass is 16.5. The van der Waals surface area contributed by atoms with Crippen LogP contribution in [-0.2, 0) is 12.8 Å². The second-order valence-electron chi connectivity index (χ2n) is 7.07. The topological polar surface area (TPSA) is 73.3 Å². The highest BCUT2D eigenvalue weighted by Gasteiger charge is 2.11. The molecule has 1 heterocycles. The Hall–Kier alpha value is -2.04. The van der Waals surface area contributed by atoms with Crippen LogP contribution < -0.4 is 21.5 Å². The molecule has 0 fully saturated rings. The maximum Gasteiger partial charge on any atom is 0.122 e. The van der Waals surface area contributed by atoms with E-state index in [2.05, 4.69) is 68.2 Å². The summed E-state index contributed by atoms with van der Waals surface area (Å²) < 4.78 is 5.84. The minimum atomic E-state index is 0.669. The van der Waals surface area contributed by atoms with Crippen LogP contribution in [0.15, 0.2) is 36.4 Å². The number of unbranched alkanes of at least 4 members (excludes halogenated alkanes) is 2. The molecular formula is C25H41N3O. The van der Waals surface area contributed by atoms with Crippen molar-refractivity contribution in [1.29, 1.82) is 0 Å². The molecular weight excluding hydrogens is 358 g/mol. The maximum atomic E-state index is 5.84. The van der Waals surface area contributed by atoms with Crippen molar-refractivity contribution in [2.45, 2.75) is 59.3 Å². The molecule has 0 bridgehead atoms. The molecule has 0 atom stereocenters. The van der Waals surface area contributed by atoms with E-state index in [0.29, 0.717) is 13.2 Å². The monoisotopic (exact) mass is 399 g/mol. The van der Waals surface area contributed by atoms with Crippen molar-refractivity contribution in [2.24, 2.45) is 11.5 Å². The zero-order chi connectivity index (χ0) is 21.5. The summed E-state index contributed by atoms with van der Waals surface area (Å²) in [6, 6.07) is 13.2. The number of anilines is 1. The van der Waals surface area contributed by atoms with Gasteiger partial charge >= 0.3 is 0 Å². The van der Waals surface area contributed by atoms with E-state index in [-0.39, 0.29) is 0 Å². The van der Waals surface area contributed by atoms with E-state index >= 15 is 0 Å². The van der Waals surface area contributed by atoms with Crippen molar-refractivity contribution in [3.05, 3.63) is 47.5 Å². The molecule has 162 valence electrons. The van der Waals surface area contributed by atoms with E-state index in [1.165, 1.54) is 54.3 Å². The molecule has 0 amide bonds. The normalized spacial score (nSPS) is 11.4. The number of nitrogens with two attached hydrogens (primary N) is 2. The molecule has 4 nitrogen and oxygen atoms in total. The van der Waals surface area contributed by atoms with Crippen LogP contribution >= 0.6 is 0 Å². The molecule has 0 unspecified atom stereocenters. The lowest BCUT2D eigenvalue weighted by Crippen LogP contribution is -2.07. The van der Waals surface area contributed by atoms with Gasteiger partial charge in [-0.05, 0) is 79.4 Å². The van der Waals surface area contributed by atoms with Gasteiger partial charge in [0.25, 0.3) is 0 Å². The standard InChI is InChI=1S/C19H24N2O.C5H12.CH5N/c1-2-14-12-16(5-7-19(14)22-11-3-9-20)15-4-6-18-17(13-15)8-10-21-18;1-3-5-4-2;1-2/h4-7,12-13,21H,2-3,8-11,20H2,1H3;3-5H2,1-2H3;2H2,1H3. The summed E-state index contributed by atoms with van der Waals surface area (Å²) in [4.78, 5) is 0. The lowest BCUT2D eigenvalue weighted by Gasteiger charge is -2.13. The summed E-state index contributed by atoms with van der Waals surface area (Å²) in [6.45, 7) is 9.00. The first-order chi connectivity index (χ1) is 14.2. The number of rotatable bonds is 8. The van der Waals surface area contributed by atoms with Gasteiger partial charge < -0.3 is 21.5 Å². The SMILES string of the molecule is CCCCC.CCc1cc(-c2ccc3c(c2)CCN3)ccc1OCCCN.CN. The second-order valence-corrected chi connectivity index (χ2v) is 7.07. The van der Waals surface area contributed by atoms with Gasteiger partial charge in [0.15, 0.2) is 0 Å². The van der Waals surface area contributed by atoms with Crippen LogP contribution in [0, 0.1) is 0 Å². The quantitative estimate of drug-likeness (QED) is 0.521. The van der Waals surface area contributed by atoms with Crippen molar-refractivity contribution in [3.63, 3.8) is 0 Å². The van der Waals surface area contributed by atoms with E-state index in [0.717, 1.165) is 31.6 Å². The average molecular weight is 400 g/mol. The molecule has 0 saturated heterocycles. The summed E-state index contributed by atoms with van der Waals surface area (Å²) in [5.74, 6) is 0.988. The van der Waals surface area contributed by atoms with Gasteiger partial charge in [-0.3, -0.25) is 0 Å². The third-order valence-corrected chi connectivity index (χ3v) is 4.90. The summed E-state index contributed by atoms with van der Waals surface area (Å²) >= 11 is 0. The highest BCUT2D eigenvalue weighted by molar-refractivity contribution is 5.71. The predicted molar refractivity (Wildman–Crippen MR) is 128 cm³/mol. The smallest absolute Gasteiger partial charge is 0.122 e. The molecule has 3 rings (SSSR count). The largest absolute Gasteiger partial charge is 0.493 e. The van der Waals surface area contributed by atoms with E-state index < -0.39 is 0 Å². The van der Waals surface area contributed by atoms with Crippen LogP contribution in [0.3, 0.4) is 0 Å². The van der Waals surface area contributed by atoms with Crippen LogP contribution in [0.25, 0.3) is 11.1 Å². The minimum Gasteiger partial charge on any atom is -0.493 e. The molecule has 0 radical (unpaired) electrons. The second kappa shape index (κ2) is 14.9. The number of aryl methyl sites for hydroxylation is 1. The summed E-state index contributed by atoms with van der Waals surface area (Å²) in [7, 11) is 1.50. The first kappa shape index (κ1) is 25.0. The molecule has 5 N–H and O–H groups in total. The van der Waals surface area contributed by atoms with Crippen LogP contribution in [0.1, 0.15) is 57.6 Å². The number of hydrogen-bond acceptors (Lipinski definition) is 4. The number of ether oxygens (including phenoxy) is 1. The van der Waals surface area contributed by atoms with E-state index in [4.69, 9.17) is 10.5 Å². The number of benzene rings is 2. The van der Waals surface area contributed by atoms with E-state index in [9.17, 15) is 0 Å². The molecule has 1 aliphatic rings. The maximum absolute atomic E-state index is 5.84. The Kier molecular flexibility index (Phi) is 12.8. The summed E-state index contributed by atoms with van der Waals surface area (Å²) in [5, 5.41) is 3.41. The molecule has 4 heteroatoms. The average Bonchev–Trinajstić information content (AvgIpc) is 3.24. The fourth-order valence-corrected chi connectivity index (χ4v) is 3.28. The lowest BCUT2D eigenvalue weighted by atomic mass is 9.99. The third kappa shape index (κ3) is 8.08. The first-order valence-electron chi connectivity index (χ1n) is 11.1. The van der Waals surface area contributed by atoms with Crippen molar-refractivity contribution in [2.75, 3.05) is 32.1 Å². The molecule has 0 aliphatic carbocycles. The molecule has 29 heavy (non-hydrogen) atoms. The summed E-state index contributed by atoms with van der Waals surface area (Å²) in [5.41, 5.74) is 16.5. The molecule has 2 aromatic carbocycles. The zero-order valence-corrected chi connectivity index (χ0v) is 18.9. The minimum absolute atomic E-state index is 0.669. The van der Waals surface area contributed by atoms with Gasteiger partial charge in [0, 0.05) is 12.2 Å². The van der Waals surface area contributed by atoms with Crippen molar-refractivity contribution in [3.8, 4) is 16.9 Å². The van der Waals surface area contributed by atoms with Crippen molar-refractivity contribution >= 4 is 5.69 Å². The Morgan fingerprint density at radius 3 is 2.24 bits per heavy atom. The van der Waals surface area contributed by atoms with Gasteiger partial charge in [0.2, 0.25) is 0 Å².